The van der Waals surface area contributed by atoms with Crippen molar-refractivity contribution in [1.82, 2.24) is 9.78 Å². The molecule has 0 spiro atoms. The van der Waals surface area contributed by atoms with E-state index < -0.39 is 0 Å². The average Bonchev–Trinajstić information content (AvgIpc) is 2.71. The van der Waals surface area contributed by atoms with E-state index >= 15 is 0 Å². The average molecular weight is 399 g/mol. The van der Waals surface area contributed by atoms with Crippen molar-refractivity contribution < 1.29 is 0 Å². The van der Waals surface area contributed by atoms with Crippen LogP contribution in [0, 0.1) is 3.57 Å². The van der Waals surface area contributed by atoms with Gasteiger partial charge in [-0.25, -0.2) is 4.68 Å². The Labute approximate surface area is 121 Å². The molecule has 84 valence electrons. The number of rotatable bonds is 1. The predicted molar refractivity (Wildman–Crippen MR) is 81.5 cm³/mol. The summed E-state index contributed by atoms with van der Waals surface area (Å²) in [6, 6.07) is 14.5. The normalized spacial score (nSPS) is 10.9. The largest absolute Gasteiger partial charge is 0.233 e. The first kappa shape index (κ1) is 11.2. The molecule has 0 unspecified atom stereocenters. The zero-order valence-electron chi connectivity index (χ0n) is 8.77. The number of fused-ring (bicyclic) bond motifs is 1. The lowest BCUT2D eigenvalue weighted by Gasteiger charge is -2.03. The second-order valence-electron chi connectivity index (χ2n) is 3.74. The molecule has 2 aromatic carbocycles. The van der Waals surface area contributed by atoms with Gasteiger partial charge >= 0.3 is 0 Å². The van der Waals surface area contributed by atoms with Crippen molar-refractivity contribution in [2.45, 2.75) is 0 Å². The molecule has 17 heavy (non-hydrogen) atoms. The van der Waals surface area contributed by atoms with Gasteiger partial charge in [0.05, 0.1) is 17.4 Å². The molecule has 0 bridgehead atoms. The molecule has 0 aliphatic carbocycles. The molecule has 4 heteroatoms. The first-order chi connectivity index (χ1) is 8.24. The molecule has 2 nitrogen and oxygen atoms in total. The van der Waals surface area contributed by atoms with Gasteiger partial charge in [-0.15, -0.1) is 0 Å². The van der Waals surface area contributed by atoms with Gasteiger partial charge < -0.3 is 0 Å². The van der Waals surface area contributed by atoms with Crippen molar-refractivity contribution in [2.24, 2.45) is 0 Å². The Morgan fingerprint density at radius 3 is 2.82 bits per heavy atom. The third-order valence-electron chi connectivity index (χ3n) is 2.58. The molecule has 0 aliphatic heterocycles. The lowest BCUT2D eigenvalue weighted by Crippen LogP contribution is -1.95. The first-order valence-electron chi connectivity index (χ1n) is 5.13. The van der Waals surface area contributed by atoms with Crippen molar-refractivity contribution in [3.8, 4) is 5.69 Å². The highest BCUT2D eigenvalue weighted by molar-refractivity contribution is 14.1. The van der Waals surface area contributed by atoms with E-state index in [1.807, 2.05) is 23.0 Å². The molecule has 0 aliphatic rings. The molecule has 0 amide bonds. The molecule has 3 rings (SSSR count). The van der Waals surface area contributed by atoms with E-state index in [1.165, 1.54) is 3.57 Å². The van der Waals surface area contributed by atoms with Gasteiger partial charge in [0.15, 0.2) is 0 Å². The van der Waals surface area contributed by atoms with E-state index in [4.69, 9.17) is 0 Å². The van der Waals surface area contributed by atoms with Crippen molar-refractivity contribution >= 4 is 49.4 Å². The fraction of sp³-hybridized carbons (Fsp3) is 0. The molecule has 0 fully saturated rings. The summed E-state index contributed by atoms with van der Waals surface area (Å²) in [7, 11) is 0. The van der Waals surface area contributed by atoms with Gasteiger partial charge in [-0.05, 0) is 59.0 Å². The van der Waals surface area contributed by atoms with Crippen molar-refractivity contribution in [3.05, 3.63) is 56.7 Å². The van der Waals surface area contributed by atoms with Crippen LogP contribution in [-0.4, -0.2) is 9.78 Å². The molecule has 3 aromatic rings. The van der Waals surface area contributed by atoms with Crippen molar-refractivity contribution in [2.75, 3.05) is 0 Å². The van der Waals surface area contributed by atoms with Crippen LogP contribution >= 0.6 is 38.5 Å². The Balaban J connectivity index is 2.24. The maximum Gasteiger partial charge on any atom is 0.0741 e. The highest BCUT2D eigenvalue weighted by atomic mass is 127. The van der Waals surface area contributed by atoms with Crippen LogP contribution in [-0.2, 0) is 0 Å². The Bertz CT molecular complexity index is 691. The fourth-order valence-electron chi connectivity index (χ4n) is 1.82. The fourth-order valence-corrected chi connectivity index (χ4v) is 2.72. The Kier molecular flexibility index (Phi) is 2.92. The van der Waals surface area contributed by atoms with Crippen molar-refractivity contribution in [3.63, 3.8) is 0 Å². The minimum absolute atomic E-state index is 1.06. The quantitative estimate of drug-likeness (QED) is 0.556. The van der Waals surface area contributed by atoms with Gasteiger partial charge in [0.2, 0.25) is 0 Å². The number of nitrogens with zero attached hydrogens (tertiary/aromatic N) is 2. The third-order valence-corrected chi connectivity index (χ3v) is 3.75. The summed E-state index contributed by atoms with van der Waals surface area (Å²) in [6.45, 7) is 0. The number of hydrogen-bond acceptors (Lipinski definition) is 1. The SMILES string of the molecule is Brc1cccc(-n2ncc3cc(I)ccc32)c1. The minimum atomic E-state index is 1.06. The molecule has 0 saturated carbocycles. The molecule has 1 aromatic heterocycles. The molecule has 1 heterocycles. The number of hydrogen-bond donors (Lipinski definition) is 0. The summed E-state index contributed by atoms with van der Waals surface area (Å²) in [6.07, 6.45) is 1.90. The summed E-state index contributed by atoms with van der Waals surface area (Å²) in [5, 5.41) is 5.60. The highest BCUT2D eigenvalue weighted by Gasteiger charge is 2.05. The summed E-state index contributed by atoms with van der Waals surface area (Å²) in [5.41, 5.74) is 2.19. The van der Waals surface area contributed by atoms with Crippen LogP contribution in [0.15, 0.2) is 53.1 Å². The standard InChI is InChI=1S/C13H8BrIN2/c14-10-2-1-3-12(7-10)17-13-5-4-11(15)6-9(13)8-16-17/h1-8H. The Morgan fingerprint density at radius 2 is 2.00 bits per heavy atom. The van der Waals surface area contributed by atoms with Crippen LogP contribution in [0.1, 0.15) is 0 Å². The van der Waals surface area contributed by atoms with Crippen LogP contribution in [0.5, 0.6) is 0 Å². The van der Waals surface area contributed by atoms with E-state index in [1.54, 1.807) is 0 Å². The maximum absolute atomic E-state index is 4.44. The van der Waals surface area contributed by atoms with Crippen LogP contribution in [0.25, 0.3) is 16.6 Å². The second-order valence-corrected chi connectivity index (χ2v) is 5.90. The van der Waals surface area contributed by atoms with Crippen LogP contribution in [0.4, 0.5) is 0 Å². The maximum atomic E-state index is 4.44. The number of halogens is 2. The van der Waals surface area contributed by atoms with E-state index in [0.29, 0.717) is 0 Å². The van der Waals surface area contributed by atoms with Crippen LogP contribution in [0.2, 0.25) is 0 Å². The van der Waals surface area contributed by atoms with E-state index in [2.05, 4.69) is 74.0 Å². The lowest BCUT2D eigenvalue weighted by molar-refractivity contribution is 0.910. The summed E-state index contributed by atoms with van der Waals surface area (Å²) < 4.78 is 4.24. The summed E-state index contributed by atoms with van der Waals surface area (Å²) >= 11 is 5.79. The summed E-state index contributed by atoms with van der Waals surface area (Å²) in [5.74, 6) is 0. The van der Waals surface area contributed by atoms with Gasteiger partial charge in [-0.3, -0.25) is 0 Å². The number of benzene rings is 2. The van der Waals surface area contributed by atoms with E-state index in [9.17, 15) is 0 Å². The molecule has 0 radical (unpaired) electrons. The number of aromatic nitrogens is 2. The molecule has 0 saturated heterocycles. The Hall–Kier alpha value is -0.880. The topological polar surface area (TPSA) is 17.8 Å². The summed E-state index contributed by atoms with van der Waals surface area (Å²) in [4.78, 5) is 0. The van der Waals surface area contributed by atoms with Crippen LogP contribution < -0.4 is 0 Å². The van der Waals surface area contributed by atoms with Gasteiger partial charge in [-0.2, -0.15) is 5.10 Å². The molecular formula is C13H8BrIN2. The molecule has 0 atom stereocenters. The van der Waals surface area contributed by atoms with E-state index in [0.717, 1.165) is 21.1 Å². The zero-order valence-corrected chi connectivity index (χ0v) is 12.5. The molecular weight excluding hydrogens is 391 g/mol. The smallest absolute Gasteiger partial charge is 0.0741 e. The van der Waals surface area contributed by atoms with Crippen LogP contribution in [0.3, 0.4) is 0 Å². The predicted octanol–water partition coefficient (Wildman–Crippen LogP) is 4.39. The van der Waals surface area contributed by atoms with Crippen molar-refractivity contribution in [1.29, 1.82) is 0 Å². The Morgan fingerprint density at radius 1 is 1.12 bits per heavy atom. The van der Waals surface area contributed by atoms with Gasteiger partial charge in [0, 0.05) is 13.4 Å². The highest BCUT2D eigenvalue weighted by Crippen LogP contribution is 2.22. The third kappa shape index (κ3) is 2.11. The first-order valence-corrected chi connectivity index (χ1v) is 7.00. The molecule has 0 N–H and O–H groups in total. The van der Waals surface area contributed by atoms with E-state index in [-0.39, 0.29) is 0 Å². The minimum Gasteiger partial charge on any atom is -0.233 e. The lowest BCUT2D eigenvalue weighted by atomic mass is 10.2. The second kappa shape index (κ2) is 4.42. The van der Waals surface area contributed by atoms with Gasteiger partial charge in [0.25, 0.3) is 0 Å². The zero-order chi connectivity index (χ0) is 11.8. The van der Waals surface area contributed by atoms with Gasteiger partial charge in [-0.1, -0.05) is 22.0 Å². The van der Waals surface area contributed by atoms with Gasteiger partial charge in [0.1, 0.15) is 0 Å². The monoisotopic (exact) mass is 398 g/mol.